The fourth-order valence-corrected chi connectivity index (χ4v) is 12.7. The lowest BCUT2D eigenvalue weighted by Gasteiger charge is -2.39. The predicted molar refractivity (Wildman–Crippen MR) is 166 cm³/mol. The highest BCUT2D eigenvalue weighted by Gasteiger charge is 2.67. The molecule has 0 N–H and O–H groups in total. The topological polar surface area (TPSA) is 9.23 Å². The average Bonchev–Trinajstić information content (AvgIpc) is 3.33. The molecule has 0 spiro atoms. The van der Waals surface area contributed by atoms with Gasteiger partial charge in [0, 0.05) is 6.10 Å². The van der Waals surface area contributed by atoms with Crippen molar-refractivity contribution in [2.75, 3.05) is 6.16 Å². The summed E-state index contributed by atoms with van der Waals surface area (Å²) in [5, 5.41) is 4.80. The molecule has 3 aromatic carbocycles. The Balaban J connectivity index is 0.00000336. The van der Waals surface area contributed by atoms with E-state index < -0.39 is 15.6 Å². The smallest absolute Gasteiger partial charge is 0.192 e. The second-order valence-electron chi connectivity index (χ2n) is 13.3. The van der Waals surface area contributed by atoms with Gasteiger partial charge in [0.25, 0.3) is 0 Å². The third-order valence-electron chi connectivity index (χ3n) is 10.2. The van der Waals surface area contributed by atoms with Crippen LogP contribution >= 0.6 is 7.26 Å². The summed E-state index contributed by atoms with van der Waals surface area (Å²) in [5.41, 5.74) is 0.500. The normalized spacial score (nSPS) is 24.9. The first-order valence-corrected chi connectivity index (χ1v) is 19.2. The molecule has 0 heterocycles. The lowest BCUT2D eigenvalue weighted by molar-refractivity contribution is -0.00000958. The first kappa shape index (κ1) is 30.0. The molecule has 4 atom stereocenters. The molecule has 2 saturated carbocycles. The number of hydrogen-bond donors (Lipinski definition) is 0. The van der Waals surface area contributed by atoms with Crippen LogP contribution in [0.3, 0.4) is 0 Å². The van der Waals surface area contributed by atoms with Crippen LogP contribution in [-0.4, -0.2) is 20.6 Å². The zero-order valence-electron chi connectivity index (χ0n) is 24.2. The Morgan fingerprint density at radius 2 is 1.26 bits per heavy atom. The predicted octanol–water partition coefficient (Wildman–Crippen LogP) is 5.20. The molecule has 38 heavy (non-hydrogen) atoms. The number of rotatable bonds is 9. The molecule has 0 aromatic heterocycles. The van der Waals surface area contributed by atoms with Gasteiger partial charge in [0.05, 0.1) is 6.16 Å². The van der Waals surface area contributed by atoms with Crippen molar-refractivity contribution in [2.24, 2.45) is 17.3 Å². The molecule has 5 rings (SSSR count). The maximum Gasteiger partial charge on any atom is 0.192 e. The molecule has 0 radical (unpaired) electrons. The summed E-state index contributed by atoms with van der Waals surface area (Å²) in [4.78, 5) is 0. The Bertz CT molecular complexity index is 1080. The Kier molecular flexibility index (Phi) is 9.05. The van der Waals surface area contributed by atoms with Crippen LogP contribution in [0, 0.1) is 17.3 Å². The summed E-state index contributed by atoms with van der Waals surface area (Å²) in [7, 11) is -3.46. The third-order valence-corrected chi connectivity index (χ3v) is 19.2. The van der Waals surface area contributed by atoms with Crippen LogP contribution < -0.4 is 39.9 Å². The Morgan fingerprint density at radius 3 is 1.68 bits per heavy atom. The maximum atomic E-state index is 7.01. The molecular formula is C34H46IOPSi. The molecule has 3 aromatic rings. The Labute approximate surface area is 250 Å². The van der Waals surface area contributed by atoms with E-state index in [1.54, 1.807) is 0 Å². The van der Waals surface area contributed by atoms with Crippen LogP contribution in [0.1, 0.15) is 53.4 Å². The lowest BCUT2D eigenvalue weighted by Crippen LogP contribution is -3.00. The molecule has 0 saturated heterocycles. The molecular weight excluding hydrogens is 610 g/mol. The average molecular weight is 657 g/mol. The first-order valence-electron chi connectivity index (χ1n) is 14.3. The van der Waals surface area contributed by atoms with Crippen molar-refractivity contribution < 1.29 is 28.4 Å². The zero-order valence-corrected chi connectivity index (χ0v) is 28.2. The first-order chi connectivity index (χ1) is 17.6. The van der Waals surface area contributed by atoms with E-state index in [1.807, 2.05) is 0 Å². The van der Waals surface area contributed by atoms with E-state index in [4.69, 9.17) is 4.43 Å². The van der Waals surface area contributed by atoms with E-state index in [-0.39, 0.29) is 29.0 Å². The summed E-state index contributed by atoms with van der Waals surface area (Å²) in [6, 6.07) is 34.1. The van der Waals surface area contributed by atoms with Gasteiger partial charge in [0.1, 0.15) is 23.2 Å². The number of benzene rings is 3. The number of fused-ring (bicyclic) bond motifs is 1. The van der Waals surface area contributed by atoms with Gasteiger partial charge >= 0.3 is 0 Å². The summed E-state index contributed by atoms with van der Waals surface area (Å²) in [6.45, 7) is 14.5. The molecule has 2 aliphatic carbocycles. The number of hydrogen-bond acceptors (Lipinski definition) is 1. The van der Waals surface area contributed by atoms with Crippen molar-refractivity contribution in [3.8, 4) is 0 Å². The molecule has 0 amide bonds. The van der Waals surface area contributed by atoms with Crippen LogP contribution in [0.4, 0.5) is 0 Å². The van der Waals surface area contributed by atoms with E-state index in [0.717, 1.165) is 11.8 Å². The molecule has 4 heteroatoms. The molecule has 2 fully saturated rings. The van der Waals surface area contributed by atoms with Gasteiger partial charge in [-0.25, -0.2) is 0 Å². The van der Waals surface area contributed by atoms with Crippen molar-refractivity contribution in [3.05, 3.63) is 91.0 Å². The molecule has 204 valence electrons. The minimum Gasteiger partial charge on any atom is -1.00 e. The largest absolute Gasteiger partial charge is 1.00 e. The van der Waals surface area contributed by atoms with Crippen molar-refractivity contribution >= 4 is 31.5 Å². The van der Waals surface area contributed by atoms with Gasteiger partial charge in [0.15, 0.2) is 8.32 Å². The molecule has 0 bridgehead atoms. The second-order valence-corrected chi connectivity index (χ2v) is 21.6. The summed E-state index contributed by atoms with van der Waals surface area (Å²) >= 11 is 0. The van der Waals surface area contributed by atoms with Crippen molar-refractivity contribution in [1.82, 2.24) is 0 Å². The number of halogens is 1. The summed E-state index contributed by atoms with van der Waals surface area (Å²) in [5.74, 6) is 1.58. The quantitative estimate of drug-likeness (QED) is 0.175. The molecule has 1 nitrogen and oxygen atoms in total. The highest BCUT2D eigenvalue weighted by atomic mass is 127. The highest BCUT2D eigenvalue weighted by molar-refractivity contribution is 7.95. The third kappa shape index (κ3) is 5.47. The van der Waals surface area contributed by atoms with Crippen molar-refractivity contribution in [1.29, 1.82) is 0 Å². The maximum absolute atomic E-state index is 7.01. The van der Waals surface area contributed by atoms with Gasteiger partial charge in [-0.05, 0) is 97.5 Å². The van der Waals surface area contributed by atoms with Gasteiger partial charge in [-0.1, -0.05) is 82.3 Å². The summed E-state index contributed by atoms with van der Waals surface area (Å²) in [6.07, 6.45) is 6.92. The fourth-order valence-electron chi connectivity index (χ4n) is 7.00. The van der Waals surface area contributed by atoms with Crippen LogP contribution in [0.25, 0.3) is 0 Å². The Morgan fingerprint density at radius 1 is 0.816 bits per heavy atom. The van der Waals surface area contributed by atoms with Crippen LogP contribution in [0.15, 0.2) is 91.0 Å². The van der Waals surface area contributed by atoms with Gasteiger partial charge in [0.2, 0.25) is 0 Å². The van der Waals surface area contributed by atoms with E-state index >= 15 is 0 Å². The second kappa shape index (κ2) is 11.5. The van der Waals surface area contributed by atoms with Crippen LogP contribution in [-0.2, 0) is 4.43 Å². The highest BCUT2D eigenvalue weighted by Crippen LogP contribution is 2.71. The van der Waals surface area contributed by atoms with E-state index in [2.05, 4.69) is 132 Å². The van der Waals surface area contributed by atoms with Crippen molar-refractivity contribution in [3.63, 3.8) is 0 Å². The Hall–Kier alpha value is -1.00. The van der Waals surface area contributed by atoms with Gasteiger partial charge in [-0.2, -0.15) is 0 Å². The minimum atomic E-state index is -1.74. The summed E-state index contributed by atoms with van der Waals surface area (Å²) < 4.78 is 7.01. The van der Waals surface area contributed by atoms with Crippen molar-refractivity contribution in [2.45, 2.75) is 77.6 Å². The van der Waals surface area contributed by atoms with Gasteiger partial charge < -0.3 is 28.4 Å². The fraction of sp³-hybridized carbons (Fsp3) is 0.471. The van der Waals surface area contributed by atoms with Gasteiger partial charge in [-0.3, -0.25) is 0 Å². The van der Waals surface area contributed by atoms with Crippen LogP contribution in [0.2, 0.25) is 18.1 Å². The van der Waals surface area contributed by atoms with E-state index in [0.29, 0.717) is 11.5 Å². The molecule has 0 aliphatic heterocycles. The zero-order chi connectivity index (χ0) is 26.3. The standard InChI is InChI=1S/C34H46OPSi.HI/c1-33(2,3)37(5,6)35-31-24-25-34(4)30(32(31)34)23-16-26-36(27-17-10-7-11-18-27,28-19-12-8-13-20-28)29-21-14-9-15-22-29;/h7-15,17-22,30-32H,16,23-26H2,1-6H3;1H/q+1;/p-1. The minimum absolute atomic E-state index is 0. The van der Waals surface area contributed by atoms with Gasteiger partial charge in [-0.15, -0.1) is 0 Å². The SMILES string of the molecule is CC12CCC(O[Si](C)(C)C(C)(C)C)C1C2CCC[P+](c1ccccc1)(c1ccccc1)c1ccccc1.[I-]. The van der Waals surface area contributed by atoms with Crippen LogP contribution in [0.5, 0.6) is 0 Å². The monoisotopic (exact) mass is 656 g/mol. The lowest BCUT2D eigenvalue weighted by atomic mass is 9.99. The van der Waals surface area contributed by atoms with E-state index in [9.17, 15) is 0 Å². The molecule has 2 aliphatic rings. The van der Waals surface area contributed by atoms with E-state index in [1.165, 1.54) is 47.8 Å². The molecule has 4 unspecified atom stereocenters.